The van der Waals surface area contributed by atoms with Gasteiger partial charge in [0.1, 0.15) is 57.5 Å². The molecule has 0 fully saturated rings. The molecule has 0 unspecified atom stereocenters. The number of aromatic hydroxyl groups is 10. The van der Waals surface area contributed by atoms with Crippen molar-refractivity contribution in [3.63, 3.8) is 0 Å². The minimum Gasteiger partial charge on any atom is -0.507 e. The monoisotopic (exact) mass is 1660 g/mol. The summed E-state index contributed by atoms with van der Waals surface area (Å²) in [5.41, 5.74) is 6.92. The zero-order chi connectivity index (χ0) is 71.0. The standard InChI is InChI=1S/5C16H16N2O2.5Fe.2H2O/c5*19-15-7-3-1-5-13(15)11-17-9-10-18-12-14-6-2-4-8-16(14)20;;;;;;;/h5*1-8,11-12,19-20H,9-10H2;;;;;;2*1H2. The van der Waals surface area contributed by atoms with Crippen LogP contribution < -0.4 is 0 Å². The first-order valence-corrected chi connectivity index (χ1v) is 31.6. The molecule has 0 aliphatic heterocycles. The van der Waals surface area contributed by atoms with Gasteiger partial charge in [0.15, 0.2) is 0 Å². The van der Waals surface area contributed by atoms with Gasteiger partial charge in [-0.2, -0.15) is 0 Å². The van der Waals surface area contributed by atoms with Crippen LogP contribution in [0.15, 0.2) is 293 Å². The molecule has 0 bridgehead atoms. The largest absolute Gasteiger partial charge is 0.507 e. The van der Waals surface area contributed by atoms with E-state index in [0.29, 0.717) is 121 Å². The second kappa shape index (κ2) is 59.6. The van der Waals surface area contributed by atoms with E-state index in [1.54, 1.807) is 244 Å². The summed E-state index contributed by atoms with van der Waals surface area (Å²) in [6.07, 6.45) is 16.3. The SMILES string of the molecule is O.O.Oc1ccccc1C=NCCN=Cc1ccccc1O.Oc1ccccc1C=NCCN=Cc1ccccc1O.Oc1ccccc1C=NCCN=Cc1ccccc1O.Oc1ccccc1C=NCCN=Cc1ccccc1O.Oc1ccccc1C=NCCN=Cc1ccccc1O.[Fe].[Fe].[Fe].[Fe].[Fe]. The zero-order valence-electron chi connectivity index (χ0n) is 57.7. The van der Waals surface area contributed by atoms with E-state index in [1.165, 1.54) is 0 Å². The van der Waals surface area contributed by atoms with E-state index < -0.39 is 0 Å². The second-order valence-corrected chi connectivity index (χ2v) is 20.9. The van der Waals surface area contributed by atoms with Gasteiger partial charge in [-0.3, -0.25) is 49.9 Å². The number of benzene rings is 10. The smallest absolute Gasteiger partial charge is 0.124 e. The van der Waals surface area contributed by atoms with Gasteiger partial charge in [0.25, 0.3) is 0 Å². The molecule has 27 heteroatoms. The Bertz CT molecular complexity index is 3510. The van der Waals surface area contributed by atoms with Crippen LogP contribution in [0.5, 0.6) is 57.5 Å². The van der Waals surface area contributed by atoms with Crippen molar-refractivity contribution in [2.24, 2.45) is 49.9 Å². The van der Waals surface area contributed by atoms with Crippen LogP contribution in [-0.2, 0) is 85.3 Å². The van der Waals surface area contributed by atoms with Gasteiger partial charge in [0, 0.05) is 203 Å². The number of para-hydroxylation sites is 10. The molecule has 0 aliphatic rings. The van der Waals surface area contributed by atoms with Gasteiger partial charge >= 0.3 is 0 Å². The third-order valence-electron chi connectivity index (χ3n) is 13.5. The van der Waals surface area contributed by atoms with Crippen LogP contribution in [0.4, 0.5) is 0 Å². The van der Waals surface area contributed by atoms with Crippen molar-refractivity contribution in [3.8, 4) is 57.5 Å². The van der Waals surface area contributed by atoms with Crippen LogP contribution in [0.25, 0.3) is 0 Å². The van der Waals surface area contributed by atoms with E-state index in [0.717, 1.165) is 0 Å². The number of phenols is 10. The van der Waals surface area contributed by atoms with Gasteiger partial charge in [-0.25, -0.2) is 0 Å². The molecule has 0 saturated heterocycles. The molecule has 0 aromatic heterocycles. The average molecular weight is 1660 g/mol. The fourth-order valence-corrected chi connectivity index (χ4v) is 8.17. The Balaban J connectivity index is 0. The summed E-state index contributed by atoms with van der Waals surface area (Å²) in [5, 5.41) is 95.4. The summed E-state index contributed by atoms with van der Waals surface area (Å²) in [4.78, 5) is 41.9. The van der Waals surface area contributed by atoms with E-state index in [-0.39, 0.29) is 154 Å². The molecule has 22 nitrogen and oxygen atoms in total. The summed E-state index contributed by atoms with van der Waals surface area (Å²) in [6, 6.07) is 70.3. The minimum absolute atomic E-state index is 0. The van der Waals surface area contributed by atoms with Crippen molar-refractivity contribution >= 4 is 62.1 Å². The normalized spacial score (nSPS) is 10.7. The predicted octanol–water partition coefficient (Wildman–Crippen LogP) is 11.5. The Hall–Kier alpha value is -10.6. The third kappa shape index (κ3) is 39.9. The van der Waals surface area contributed by atoms with Crippen LogP contribution >= 0.6 is 0 Å². The number of rotatable bonds is 25. The molecule has 107 heavy (non-hydrogen) atoms. The number of hydrogen-bond donors (Lipinski definition) is 10. The van der Waals surface area contributed by atoms with E-state index in [9.17, 15) is 51.1 Å². The molecule has 566 valence electrons. The van der Waals surface area contributed by atoms with E-state index in [4.69, 9.17) is 0 Å². The molecule has 10 aromatic carbocycles. The first-order valence-electron chi connectivity index (χ1n) is 31.6. The summed E-state index contributed by atoms with van der Waals surface area (Å²) in [7, 11) is 0. The zero-order valence-corrected chi connectivity index (χ0v) is 63.2. The van der Waals surface area contributed by atoms with Crippen LogP contribution in [-0.4, -0.2) is 190 Å². The van der Waals surface area contributed by atoms with Gasteiger partial charge < -0.3 is 62.0 Å². The summed E-state index contributed by atoms with van der Waals surface area (Å²) in [5.74, 6) is 2.17. The van der Waals surface area contributed by atoms with Gasteiger partial charge in [-0.15, -0.1) is 0 Å². The fraction of sp³-hybridized carbons (Fsp3) is 0.125. The molecule has 10 rings (SSSR count). The molecular formula is C80H84Fe5N10O12. The van der Waals surface area contributed by atoms with Crippen molar-refractivity contribution in [1.82, 2.24) is 0 Å². The van der Waals surface area contributed by atoms with E-state index in [1.807, 2.05) is 60.7 Å². The van der Waals surface area contributed by atoms with Crippen LogP contribution in [0.2, 0.25) is 0 Å². The molecule has 0 radical (unpaired) electrons. The summed E-state index contributed by atoms with van der Waals surface area (Å²) >= 11 is 0. The molecule has 14 N–H and O–H groups in total. The molecule has 0 heterocycles. The number of aliphatic imine (C=N–C) groups is 10. The maximum Gasteiger partial charge on any atom is 0.124 e. The topological polar surface area (TPSA) is 389 Å². The minimum atomic E-state index is 0. The fourth-order valence-electron chi connectivity index (χ4n) is 8.17. The molecule has 0 amide bonds. The number of phenolic OH excluding ortho intramolecular Hbond substituents is 10. The van der Waals surface area contributed by atoms with E-state index in [2.05, 4.69) is 49.9 Å². The van der Waals surface area contributed by atoms with Crippen molar-refractivity contribution < 1.29 is 147 Å². The molecule has 0 aliphatic carbocycles. The maximum absolute atomic E-state index is 9.54. The van der Waals surface area contributed by atoms with Gasteiger partial charge in [0.2, 0.25) is 0 Å². The first kappa shape index (κ1) is 98.5. The predicted molar refractivity (Wildman–Crippen MR) is 413 cm³/mol. The Labute approximate surface area is 675 Å². The van der Waals surface area contributed by atoms with Crippen LogP contribution in [0.3, 0.4) is 0 Å². The summed E-state index contributed by atoms with van der Waals surface area (Å²) < 4.78 is 0. The molecule has 10 aromatic rings. The van der Waals surface area contributed by atoms with Crippen LogP contribution in [0, 0.1) is 0 Å². The van der Waals surface area contributed by atoms with Crippen molar-refractivity contribution in [1.29, 1.82) is 0 Å². The van der Waals surface area contributed by atoms with Crippen molar-refractivity contribution in [2.45, 2.75) is 0 Å². The van der Waals surface area contributed by atoms with Gasteiger partial charge in [0.05, 0.1) is 65.4 Å². The second-order valence-electron chi connectivity index (χ2n) is 20.9. The van der Waals surface area contributed by atoms with Crippen molar-refractivity contribution in [3.05, 3.63) is 298 Å². The number of nitrogens with zero attached hydrogens (tertiary/aromatic N) is 10. The van der Waals surface area contributed by atoms with Gasteiger partial charge in [-0.05, 0) is 121 Å². The quantitative estimate of drug-likeness (QED) is 0.0146. The Morgan fingerprint density at radius 2 is 0.224 bits per heavy atom. The Kier molecular flexibility index (Phi) is 54.9. The first-order chi connectivity index (χ1) is 48.9. The van der Waals surface area contributed by atoms with Crippen LogP contribution in [0.1, 0.15) is 55.6 Å². The summed E-state index contributed by atoms with van der Waals surface area (Å²) in [6.45, 7) is 5.26. The average Bonchev–Trinajstić information content (AvgIpc) is 1.05. The molecular weight excluding hydrogens is 1570 g/mol. The van der Waals surface area contributed by atoms with E-state index >= 15 is 0 Å². The molecule has 0 saturated carbocycles. The molecule has 0 atom stereocenters. The Morgan fingerprint density at radius 3 is 0.299 bits per heavy atom. The number of hydrogen-bond acceptors (Lipinski definition) is 20. The third-order valence-corrected chi connectivity index (χ3v) is 13.5. The van der Waals surface area contributed by atoms with Gasteiger partial charge in [-0.1, -0.05) is 121 Å². The van der Waals surface area contributed by atoms with Crippen molar-refractivity contribution in [2.75, 3.05) is 65.4 Å². The Morgan fingerprint density at radius 1 is 0.150 bits per heavy atom. The molecule has 0 spiro atoms. The maximum atomic E-state index is 9.54.